The lowest BCUT2D eigenvalue weighted by atomic mass is 9.91. The molecular weight excluding hydrogens is 418 g/mol. The standard InChI is InChI=1S/C26H31N3O4/c1-5-6-18-7-11-20(12-8-18)26(4)24(32)29(25(33)28-26)16-22(30)19-9-13-21(14-10-19)27-23(31)15-17(2)3/h7-14,17H,5-6,15-16H2,1-4H3,(H,27,31)(H,28,33)/t26-/m0/s1. The Labute approximate surface area is 194 Å². The van der Waals surface area contributed by atoms with E-state index in [9.17, 15) is 19.2 Å². The second-order valence-corrected chi connectivity index (χ2v) is 9.04. The Kier molecular flexibility index (Phi) is 7.31. The van der Waals surface area contributed by atoms with E-state index in [4.69, 9.17) is 0 Å². The van der Waals surface area contributed by atoms with Gasteiger partial charge in [-0.3, -0.25) is 19.3 Å². The van der Waals surface area contributed by atoms with E-state index in [1.807, 2.05) is 38.1 Å². The van der Waals surface area contributed by atoms with Gasteiger partial charge < -0.3 is 10.6 Å². The van der Waals surface area contributed by atoms with Gasteiger partial charge in [0.1, 0.15) is 5.54 Å². The minimum Gasteiger partial charge on any atom is -0.326 e. The summed E-state index contributed by atoms with van der Waals surface area (Å²) in [6.07, 6.45) is 2.37. The number of amides is 4. The summed E-state index contributed by atoms with van der Waals surface area (Å²) < 4.78 is 0. The van der Waals surface area contributed by atoms with Crippen LogP contribution in [-0.4, -0.2) is 35.1 Å². The van der Waals surface area contributed by atoms with Crippen molar-refractivity contribution in [2.75, 3.05) is 11.9 Å². The van der Waals surface area contributed by atoms with Crippen molar-refractivity contribution in [3.8, 4) is 0 Å². The molecule has 2 N–H and O–H groups in total. The van der Waals surface area contributed by atoms with Crippen LogP contribution in [0.3, 0.4) is 0 Å². The van der Waals surface area contributed by atoms with Gasteiger partial charge in [0.2, 0.25) is 5.91 Å². The van der Waals surface area contributed by atoms with Crippen molar-refractivity contribution < 1.29 is 19.2 Å². The molecule has 7 heteroatoms. The van der Waals surface area contributed by atoms with Gasteiger partial charge in [0, 0.05) is 17.7 Å². The quantitative estimate of drug-likeness (QED) is 0.441. The molecule has 0 unspecified atom stereocenters. The maximum atomic E-state index is 13.1. The van der Waals surface area contributed by atoms with Crippen LogP contribution >= 0.6 is 0 Å². The van der Waals surface area contributed by atoms with E-state index in [1.54, 1.807) is 31.2 Å². The third kappa shape index (κ3) is 5.48. The molecule has 4 amide bonds. The van der Waals surface area contributed by atoms with Crippen molar-refractivity contribution in [3.05, 3.63) is 65.2 Å². The number of benzene rings is 2. The number of carbonyl (C=O) groups excluding carboxylic acids is 4. The van der Waals surface area contributed by atoms with Crippen molar-refractivity contribution in [2.24, 2.45) is 5.92 Å². The summed E-state index contributed by atoms with van der Waals surface area (Å²) in [6, 6.07) is 13.5. The molecule has 1 saturated heterocycles. The Morgan fingerprint density at radius 2 is 1.67 bits per heavy atom. The van der Waals surface area contributed by atoms with Gasteiger partial charge in [-0.1, -0.05) is 51.5 Å². The molecule has 0 aromatic heterocycles. The average molecular weight is 450 g/mol. The van der Waals surface area contributed by atoms with Gasteiger partial charge in [-0.15, -0.1) is 0 Å². The highest BCUT2D eigenvalue weighted by Crippen LogP contribution is 2.29. The molecular formula is C26H31N3O4. The monoisotopic (exact) mass is 449 g/mol. The number of Topliss-reactive ketones (excluding diaryl/α,β-unsaturated/α-hetero) is 1. The number of aryl methyl sites for hydroxylation is 1. The molecule has 0 aliphatic carbocycles. The molecule has 1 fully saturated rings. The average Bonchev–Trinajstić information content (AvgIpc) is 2.98. The largest absolute Gasteiger partial charge is 0.326 e. The fourth-order valence-corrected chi connectivity index (χ4v) is 3.89. The number of hydrogen-bond donors (Lipinski definition) is 2. The smallest absolute Gasteiger partial charge is 0.325 e. The zero-order chi connectivity index (χ0) is 24.2. The lowest BCUT2D eigenvalue weighted by molar-refractivity contribution is -0.130. The number of rotatable bonds is 9. The zero-order valence-corrected chi connectivity index (χ0v) is 19.6. The Balaban J connectivity index is 1.68. The maximum Gasteiger partial charge on any atom is 0.325 e. The molecule has 1 aliphatic heterocycles. The van der Waals surface area contributed by atoms with E-state index in [0.29, 0.717) is 23.2 Å². The first-order valence-electron chi connectivity index (χ1n) is 11.3. The predicted molar refractivity (Wildman–Crippen MR) is 127 cm³/mol. The second kappa shape index (κ2) is 9.98. The highest BCUT2D eigenvalue weighted by atomic mass is 16.2. The Morgan fingerprint density at radius 3 is 2.24 bits per heavy atom. The molecule has 174 valence electrons. The molecule has 33 heavy (non-hydrogen) atoms. The van der Waals surface area contributed by atoms with E-state index in [1.165, 1.54) is 0 Å². The highest BCUT2D eigenvalue weighted by Gasteiger charge is 2.49. The molecule has 1 aliphatic rings. The van der Waals surface area contributed by atoms with Crippen molar-refractivity contribution in [1.82, 2.24) is 10.2 Å². The van der Waals surface area contributed by atoms with Gasteiger partial charge >= 0.3 is 6.03 Å². The number of imide groups is 1. The van der Waals surface area contributed by atoms with Gasteiger partial charge in [-0.25, -0.2) is 4.79 Å². The Hall–Kier alpha value is -3.48. The Bertz CT molecular complexity index is 1040. The van der Waals surface area contributed by atoms with Crippen molar-refractivity contribution in [1.29, 1.82) is 0 Å². The van der Waals surface area contributed by atoms with Crippen LogP contribution in [0.15, 0.2) is 48.5 Å². The van der Waals surface area contributed by atoms with E-state index >= 15 is 0 Å². The molecule has 0 radical (unpaired) electrons. The number of nitrogens with one attached hydrogen (secondary N) is 2. The number of anilines is 1. The number of nitrogens with zero attached hydrogens (tertiary/aromatic N) is 1. The van der Waals surface area contributed by atoms with Gasteiger partial charge in [-0.05, 0) is 54.7 Å². The third-order valence-corrected chi connectivity index (χ3v) is 5.73. The lowest BCUT2D eigenvalue weighted by Crippen LogP contribution is -2.41. The van der Waals surface area contributed by atoms with Crippen molar-refractivity contribution in [2.45, 2.75) is 52.5 Å². The first-order chi connectivity index (χ1) is 15.6. The summed E-state index contributed by atoms with van der Waals surface area (Å²) in [7, 11) is 0. The van der Waals surface area contributed by atoms with Crippen LogP contribution in [0.25, 0.3) is 0 Å². The number of ketones is 1. The van der Waals surface area contributed by atoms with Crippen LogP contribution in [0.5, 0.6) is 0 Å². The van der Waals surface area contributed by atoms with Gasteiger partial charge in [0.25, 0.3) is 5.91 Å². The molecule has 1 atom stereocenters. The first-order valence-corrected chi connectivity index (χ1v) is 11.3. The van der Waals surface area contributed by atoms with Gasteiger partial charge in [-0.2, -0.15) is 0 Å². The SMILES string of the molecule is CCCc1ccc([C@]2(C)NC(=O)N(CC(=O)c3ccc(NC(=O)CC(C)C)cc3)C2=O)cc1. The minimum absolute atomic E-state index is 0.0922. The van der Waals surface area contributed by atoms with Gasteiger partial charge in [0.15, 0.2) is 5.78 Å². The van der Waals surface area contributed by atoms with Crippen molar-refractivity contribution >= 4 is 29.3 Å². The van der Waals surface area contributed by atoms with Crippen LogP contribution < -0.4 is 10.6 Å². The lowest BCUT2D eigenvalue weighted by Gasteiger charge is -2.22. The summed E-state index contributed by atoms with van der Waals surface area (Å²) in [6.45, 7) is 7.32. The molecule has 0 spiro atoms. The van der Waals surface area contributed by atoms with E-state index < -0.39 is 17.5 Å². The molecule has 0 bridgehead atoms. The predicted octanol–water partition coefficient (Wildman–Crippen LogP) is 4.27. The Morgan fingerprint density at radius 1 is 1.03 bits per heavy atom. The van der Waals surface area contributed by atoms with Gasteiger partial charge in [0.05, 0.1) is 6.54 Å². The topological polar surface area (TPSA) is 95.6 Å². The fourth-order valence-electron chi connectivity index (χ4n) is 3.89. The second-order valence-electron chi connectivity index (χ2n) is 9.04. The molecule has 2 aromatic carbocycles. The molecule has 1 heterocycles. The van der Waals surface area contributed by atoms with Crippen molar-refractivity contribution in [3.63, 3.8) is 0 Å². The summed E-state index contributed by atoms with van der Waals surface area (Å²) in [5.74, 6) is -0.664. The molecule has 0 saturated carbocycles. The molecule has 3 rings (SSSR count). The molecule has 2 aromatic rings. The van der Waals surface area contributed by atoms with Crippen LogP contribution in [0, 0.1) is 5.92 Å². The zero-order valence-electron chi connectivity index (χ0n) is 19.6. The third-order valence-electron chi connectivity index (χ3n) is 5.73. The minimum atomic E-state index is -1.22. The van der Waals surface area contributed by atoms with E-state index in [-0.39, 0.29) is 24.2 Å². The summed E-state index contributed by atoms with van der Waals surface area (Å²) in [4.78, 5) is 51.3. The first kappa shape index (κ1) is 24.2. The maximum absolute atomic E-state index is 13.1. The summed E-state index contributed by atoms with van der Waals surface area (Å²) in [5.41, 5.74) is 1.57. The fraction of sp³-hybridized carbons (Fsp3) is 0.385. The van der Waals surface area contributed by atoms with E-state index in [2.05, 4.69) is 17.6 Å². The van der Waals surface area contributed by atoms with Crippen LogP contribution in [0.4, 0.5) is 10.5 Å². The van der Waals surface area contributed by atoms with Crippen LogP contribution in [0.2, 0.25) is 0 Å². The summed E-state index contributed by atoms with van der Waals surface area (Å²) >= 11 is 0. The summed E-state index contributed by atoms with van der Waals surface area (Å²) in [5, 5.41) is 5.53. The molecule has 7 nitrogen and oxygen atoms in total. The number of carbonyl (C=O) groups is 4. The number of hydrogen-bond acceptors (Lipinski definition) is 4. The number of urea groups is 1. The van der Waals surface area contributed by atoms with Crippen LogP contribution in [0.1, 0.15) is 62.0 Å². The van der Waals surface area contributed by atoms with E-state index in [0.717, 1.165) is 23.3 Å². The normalized spacial score (nSPS) is 17.9. The highest BCUT2D eigenvalue weighted by molar-refractivity contribution is 6.11. The van der Waals surface area contributed by atoms with Crippen LogP contribution in [-0.2, 0) is 21.5 Å².